The molecule has 0 aliphatic carbocycles. The summed E-state index contributed by atoms with van der Waals surface area (Å²) >= 11 is 0. The highest BCUT2D eigenvalue weighted by molar-refractivity contribution is 7.89. The molecule has 8 heteroatoms. The first-order valence-corrected chi connectivity index (χ1v) is 8.85. The van der Waals surface area contributed by atoms with Crippen LogP contribution in [0.5, 0.6) is 0 Å². The summed E-state index contributed by atoms with van der Waals surface area (Å²) in [6, 6.07) is 6.04. The van der Waals surface area contributed by atoms with Crippen LogP contribution in [-0.4, -0.2) is 52.0 Å². The highest BCUT2D eigenvalue weighted by atomic mass is 35.5. The van der Waals surface area contributed by atoms with Crippen LogP contribution in [-0.2, 0) is 14.8 Å². The maximum atomic E-state index is 12.8. The van der Waals surface area contributed by atoms with Gasteiger partial charge in [0.1, 0.15) is 0 Å². The molecule has 3 rings (SSSR count). The summed E-state index contributed by atoms with van der Waals surface area (Å²) in [7, 11) is -2.29. The number of benzene rings is 1. The standard InChI is InChI=1S/C15H20N2O4S.ClH/c1-21-15(18)11-3-2-4-14(7-11)22(19,20)17-6-5-12-8-16-9-13(12)10-17;/h2-4,7,12-13,16H,5-6,8-10H2,1H3;1H. The molecule has 2 unspecified atom stereocenters. The van der Waals surface area contributed by atoms with Crippen molar-refractivity contribution in [3.05, 3.63) is 29.8 Å². The molecule has 2 aliphatic heterocycles. The molecule has 2 aliphatic rings. The first kappa shape index (κ1) is 18.2. The number of fused-ring (bicyclic) bond motifs is 1. The van der Waals surface area contributed by atoms with Gasteiger partial charge < -0.3 is 10.1 Å². The van der Waals surface area contributed by atoms with Gasteiger partial charge in [-0.2, -0.15) is 4.31 Å². The summed E-state index contributed by atoms with van der Waals surface area (Å²) in [6.45, 7) is 2.94. The molecule has 0 spiro atoms. The predicted molar refractivity (Wildman–Crippen MR) is 88.3 cm³/mol. The molecular formula is C15H21ClN2O4S. The normalized spacial score (nSPS) is 24.6. The van der Waals surface area contributed by atoms with Gasteiger partial charge in [0.25, 0.3) is 0 Å². The second-order valence-electron chi connectivity index (χ2n) is 5.85. The van der Waals surface area contributed by atoms with E-state index in [0.717, 1.165) is 19.5 Å². The zero-order valence-corrected chi connectivity index (χ0v) is 14.5. The van der Waals surface area contributed by atoms with Gasteiger partial charge in [0.2, 0.25) is 10.0 Å². The van der Waals surface area contributed by atoms with Crippen molar-refractivity contribution in [3.63, 3.8) is 0 Å². The first-order chi connectivity index (χ1) is 10.5. The fraction of sp³-hybridized carbons (Fsp3) is 0.533. The lowest BCUT2D eigenvalue weighted by Gasteiger charge is -2.33. The number of methoxy groups -OCH3 is 1. The average molecular weight is 361 g/mol. The quantitative estimate of drug-likeness (QED) is 0.818. The fourth-order valence-electron chi connectivity index (χ4n) is 3.27. The van der Waals surface area contributed by atoms with E-state index in [1.54, 1.807) is 12.1 Å². The van der Waals surface area contributed by atoms with Gasteiger partial charge in [0.15, 0.2) is 0 Å². The Balaban J connectivity index is 0.00000192. The molecule has 0 amide bonds. The molecule has 1 aromatic carbocycles. The van der Waals surface area contributed by atoms with Crippen LogP contribution in [0, 0.1) is 11.8 Å². The largest absolute Gasteiger partial charge is 0.465 e. The van der Waals surface area contributed by atoms with E-state index in [0.29, 0.717) is 24.9 Å². The van der Waals surface area contributed by atoms with Crippen LogP contribution in [0.1, 0.15) is 16.8 Å². The molecule has 0 aromatic heterocycles. The number of carbonyl (C=O) groups excluding carboxylic acids is 1. The molecule has 1 N–H and O–H groups in total. The topological polar surface area (TPSA) is 75.7 Å². The van der Waals surface area contributed by atoms with E-state index in [2.05, 4.69) is 10.1 Å². The molecule has 128 valence electrons. The van der Waals surface area contributed by atoms with Crippen molar-refractivity contribution in [3.8, 4) is 0 Å². The molecule has 6 nitrogen and oxygen atoms in total. The third-order valence-corrected chi connectivity index (χ3v) is 6.42. The van der Waals surface area contributed by atoms with Crippen LogP contribution < -0.4 is 5.32 Å². The van der Waals surface area contributed by atoms with E-state index in [1.807, 2.05) is 0 Å². The first-order valence-electron chi connectivity index (χ1n) is 7.41. The number of nitrogens with one attached hydrogen (secondary N) is 1. The number of rotatable bonds is 3. The summed E-state index contributed by atoms with van der Waals surface area (Å²) in [4.78, 5) is 11.7. The Morgan fingerprint density at radius 3 is 2.78 bits per heavy atom. The summed E-state index contributed by atoms with van der Waals surface area (Å²) < 4.78 is 31.8. The van der Waals surface area contributed by atoms with Crippen molar-refractivity contribution in [2.75, 3.05) is 33.3 Å². The van der Waals surface area contributed by atoms with Crippen LogP contribution >= 0.6 is 12.4 Å². The van der Waals surface area contributed by atoms with Gasteiger partial charge in [0.05, 0.1) is 17.6 Å². The minimum atomic E-state index is -3.57. The minimum absolute atomic E-state index is 0. The lowest BCUT2D eigenvalue weighted by atomic mass is 9.90. The number of ether oxygens (including phenoxy) is 1. The lowest BCUT2D eigenvalue weighted by Crippen LogP contribution is -2.43. The third-order valence-electron chi connectivity index (χ3n) is 4.56. The SMILES string of the molecule is COC(=O)c1cccc(S(=O)(=O)N2CCC3CNCC3C2)c1.Cl. The maximum absolute atomic E-state index is 12.8. The van der Waals surface area contributed by atoms with Crippen LogP contribution in [0.3, 0.4) is 0 Å². The molecule has 2 saturated heterocycles. The Hall–Kier alpha value is -1.15. The van der Waals surface area contributed by atoms with Gasteiger partial charge in [-0.25, -0.2) is 13.2 Å². The predicted octanol–water partition coefficient (Wildman–Crippen LogP) is 1.12. The van der Waals surface area contributed by atoms with Crippen molar-refractivity contribution in [2.45, 2.75) is 11.3 Å². The second-order valence-corrected chi connectivity index (χ2v) is 7.79. The number of halogens is 1. The Morgan fingerprint density at radius 1 is 1.30 bits per heavy atom. The van der Waals surface area contributed by atoms with Crippen LogP contribution in [0.2, 0.25) is 0 Å². The van der Waals surface area contributed by atoms with Crippen LogP contribution in [0.15, 0.2) is 29.2 Å². The number of piperidine rings is 1. The van der Waals surface area contributed by atoms with E-state index in [1.165, 1.54) is 23.5 Å². The highest BCUT2D eigenvalue weighted by Crippen LogP contribution is 2.30. The van der Waals surface area contributed by atoms with Gasteiger partial charge in [-0.3, -0.25) is 0 Å². The Kier molecular flexibility index (Phi) is 5.67. The Morgan fingerprint density at radius 2 is 2.04 bits per heavy atom. The number of esters is 1. The summed E-state index contributed by atoms with van der Waals surface area (Å²) in [6.07, 6.45) is 0.883. The van der Waals surface area contributed by atoms with Gasteiger partial charge in [0, 0.05) is 13.1 Å². The second kappa shape index (κ2) is 7.17. The Labute approximate surface area is 142 Å². The van der Waals surface area contributed by atoms with Crippen LogP contribution in [0.4, 0.5) is 0 Å². The zero-order chi connectivity index (χ0) is 15.7. The van der Waals surface area contributed by atoms with E-state index >= 15 is 0 Å². The summed E-state index contributed by atoms with van der Waals surface area (Å²) in [5.74, 6) is 0.427. The molecule has 2 heterocycles. The van der Waals surface area contributed by atoms with Crippen molar-refractivity contribution < 1.29 is 17.9 Å². The molecule has 0 bridgehead atoms. The van der Waals surface area contributed by atoms with Crippen LogP contribution in [0.25, 0.3) is 0 Å². The van der Waals surface area contributed by atoms with Crippen molar-refractivity contribution in [2.24, 2.45) is 11.8 Å². The van der Waals surface area contributed by atoms with E-state index in [-0.39, 0.29) is 22.9 Å². The molecule has 23 heavy (non-hydrogen) atoms. The lowest BCUT2D eigenvalue weighted by molar-refractivity contribution is 0.0600. The van der Waals surface area contributed by atoms with E-state index < -0.39 is 16.0 Å². The van der Waals surface area contributed by atoms with Gasteiger partial charge in [-0.1, -0.05) is 6.07 Å². The van der Waals surface area contributed by atoms with Crippen molar-refractivity contribution in [1.29, 1.82) is 0 Å². The number of carbonyl (C=O) groups is 1. The third kappa shape index (κ3) is 3.52. The Bertz CT molecular complexity index is 680. The van der Waals surface area contributed by atoms with Crippen molar-refractivity contribution in [1.82, 2.24) is 9.62 Å². The van der Waals surface area contributed by atoms with Crippen molar-refractivity contribution >= 4 is 28.4 Å². The zero-order valence-electron chi connectivity index (χ0n) is 12.9. The smallest absolute Gasteiger partial charge is 0.337 e. The molecule has 2 fully saturated rings. The molecule has 1 aromatic rings. The monoisotopic (exact) mass is 360 g/mol. The number of hydrogen-bond acceptors (Lipinski definition) is 5. The fourth-order valence-corrected chi connectivity index (χ4v) is 4.83. The van der Waals surface area contributed by atoms with Gasteiger partial charge in [-0.05, 0) is 49.5 Å². The molecule has 2 atom stereocenters. The molecular weight excluding hydrogens is 340 g/mol. The number of nitrogens with zero attached hydrogens (tertiary/aromatic N) is 1. The van der Waals surface area contributed by atoms with Gasteiger partial charge >= 0.3 is 5.97 Å². The summed E-state index contributed by atoms with van der Waals surface area (Å²) in [5.41, 5.74) is 0.251. The minimum Gasteiger partial charge on any atom is -0.465 e. The number of hydrogen-bond donors (Lipinski definition) is 1. The highest BCUT2D eigenvalue weighted by Gasteiger charge is 2.37. The molecule has 0 radical (unpaired) electrons. The van der Waals surface area contributed by atoms with Gasteiger partial charge in [-0.15, -0.1) is 12.4 Å². The summed E-state index contributed by atoms with van der Waals surface area (Å²) in [5, 5.41) is 3.33. The molecule has 0 saturated carbocycles. The van der Waals surface area contributed by atoms with E-state index in [4.69, 9.17) is 0 Å². The average Bonchev–Trinajstić information content (AvgIpc) is 3.01. The van der Waals surface area contributed by atoms with E-state index in [9.17, 15) is 13.2 Å². The maximum Gasteiger partial charge on any atom is 0.337 e. The number of sulfonamides is 1.